The van der Waals surface area contributed by atoms with Gasteiger partial charge in [-0.2, -0.15) is 0 Å². The van der Waals surface area contributed by atoms with Gasteiger partial charge in [0, 0.05) is 17.8 Å². The average Bonchev–Trinajstić information content (AvgIpc) is 2.79. The van der Waals surface area contributed by atoms with Crippen LogP contribution in [0.4, 0.5) is 11.4 Å². The van der Waals surface area contributed by atoms with Gasteiger partial charge in [0.2, 0.25) is 0 Å². The molecule has 1 aliphatic heterocycles. The lowest BCUT2D eigenvalue weighted by Gasteiger charge is -2.39. The van der Waals surface area contributed by atoms with E-state index in [2.05, 4.69) is 10.6 Å². The van der Waals surface area contributed by atoms with E-state index in [9.17, 15) is 25.2 Å². The maximum atomic E-state index is 12.3. The molecule has 1 saturated heterocycles. The molecule has 0 unspecified atom stereocenters. The quantitative estimate of drug-likeness (QED) is 0.268. The molecule has 2 aromatic rings. The molecular weight excluding hydrogens is 432 g/mol. The molecule has 1 aliphatic rings. The lowest BCUT2D eigenvalue weighted by atomic mass is 9.92. The molecule has 2 aromatic carbocycles. The van der Waals surface area contributed by atoms with E-state index in [4.69, 9.17) is 17.0 Å². The number of thiocarbonyl (C=S) groups is 1. The molecule has 170 valence electrons. The molecule has 0 saturated carbocycles. The summed E-state index contributed by atoms with van der Waals surface area (Å²) in [5.74, 6) is -0.329. The van der Waals surface area contributed by atoms with Crippen LogP contribution in [-0.2, 0) is 9.53 Å². The van der Waals surface area contributed by atoms with Gasteiger partial charge in [-0.05, 0) is 48.1 Å². The summed E-state index contributed by atoms with van der Waals surface area (Å²) in [5, 5.41) is 45.5. The van der Waals surface area contributed by atoms with Crippen molar-refractivity contribution in [2.45, 2.75) is 36.9 Å². The lowest BCUT2D eigenvalue weighted by molar-refractivity contribution is -0.229. The van der Waals surface area contributed by atoms with Crippen LogP contribution in [0.5, 0.6) is 0 Å². The zero-order chi connectivity index (χ0) is 23.1. The van der Waals surface area contributed by atoms with Gasteiger partial charge in [0.05, 0.1) is 12.7 Å². The number of anilines is 2. The first-order chi connectivity index (χ1) is 15.4. The summed E-state index contributed by atoms with van der Waals surface area (Å²) in [5.41, 5.74) is 2.44. The highest BCUT2D eigenvalue weighted by Gasteiger charge is 2.43. The molecular formula is C23H26N2O6S. The Morgan fingerprint density at radius 2 is 1.50 bits per heavy atom. The summed E-state index contributed by atoms with van der Waals surface area (Å²) < 4.78 is 5.36. The SMILES string of the molecule is O=C(/C=C/c1ccc(NC(=S)Nc2ccccc2)cc1)C[C@@H]1O[C@H](CO)[C@@H](O)[C@H](O)[C@H]1O. The van der Waals surface area contributed by atoms with Gasteiger partial charge in [-0.15, -0.1) is 0 Å². The minimum atomic E-state index is -1.50. The number of nitrogens with one attached hydrogen (secondary N) is 2. The molecule has 1 fully saturated rings. The van der Waals surface area contributed by atoms with Crippen LogP contribution in [0.2, 0.25) is 0 Å². The van der Waals surface area contributed by atoms with Crippen LogP contribution in [0.3, 0.4) is 0 Å². The van der Waals surface area contributed by atoms with E-state index in [-0.39, 0.29) is 12.2 Å². The third-order valence-corrected chi connectivity index (χ3v) is 5.26. The van der Waals surface area contributed by atoms with Gasteiger partial charge in [0.1, 0.15) is 24.4 Å². The second kappa shape index (κ2) is 11.3. The summed E-state index contributed by atoms with van der Waals surface area (Å²) in [6, 6.07) is 16.8. The highest BCUT2D eigenvalue weighted by atomic mass is 32.1. The van der Waals surface area contributed by atoms with Crippen molar-refractivity contribution in [3.8, 4) is 0 Å². The van der Waals surface area contributed by atoms with Crippen LogP contribution in [0.15, 0.2) is 60.7 Å². The number of para-hydroxylation sites is 1. The van der Waals surface area contributed by atoms with Crippen molar-refractivity contribution in [1.29, 1.82) is 0 Å². The molecule has 0 spiro atoms. The number of hydrogen-bond acceptors (Lipinski definition) is 7. The molecule has 9 heteroatoms. The molecule has 32 heavy (non-hydrogen) atoms. The van der Waals surface area contributed by atoms with Crippen molar-refractivity contribution in [3.05, 3.63) is 66.2 Å². The van der Waals surface area contributed by atoms with E-state index in [1.165, 1.54) is 6.08 Å². The fourth-order valence-electron chi connectivity index (χ4n) is 3.30. The second-order valence-electron chi connectivity index (χ2n) is 7.44. The molecule has 0 radical (unpaired) electrons. The van der Waals surface area contributed by atoms with Gasteiger partial charge < -0.3 is 35.8 Å². The predicted molar refractivity (Wildman–Crippen MR) is 125 cm³/mol. The second-order valence-corrected chi connectivity index (χ2v) is 7.85. The maximum absolute atomic E-state index is 12.3. The van der Waals surface area contributed by atoms with Crippen molar-refractivity contribution in [2.75, 3.05) is 17.2 Å². The van der Waals surface area contributed by atoms with Gasteiger partial charge in [-0.3, -0.25) is 4.79 Å². The predicted octanol–water partition coefficient (Wildman–Crippen LogP) is 1.31. The van der Waals surface area contributed by atoms with Crippen LogP contribution >= 0.6 is 12.2 Å². The number of benzene rings is 2. The number of ketones is 1. The fraction of sp³-hybridized carbons (Fsp3) is 0.304. The van der Waals surface area contributed by atoms with Gasteiger partial charge in [0.25, 0.3) is 0 Å². The van der Waals surface area contributed by atoms with Gasteiger partial charge in [-0.1, -0.05) is 36.4 Å². The summed E-state index contributed by atoms with van der Waals surface area (Å²) in [4.78, 5) is 12.3. The van der Waals surface area contributed by atoms with Gasteiger partial charge >= 0.3 is 0 Å². The Bertz CT molecular complexity index is 935. The first kappa shape index (κ1) is 24.0. The first-order valence-corrected chi connectivity index (χ1v) is 10.5. The molecule has 0 amide bonds. The summed E-state index contributed by atoms with van der Waals surface area (Å²) in [6.07, 6.45) is -3.64. The molecule has 0 bridgehead atoms. The number of aliphatic hydroxyl groups excluding tert-OH is 4. The summed E-state index contributed by atoms with van der Waals surface area (Å²) >= 11 is 5.29. The average molecular weight is 459 g/mol. The van der Waals surface area contributed by atoms with E-state index in [0.717, 1.165) is 16.9 Å². The number of rotatable bonds is 7. The van der Waals surface area contributed by atoms with Crippen molar-refractivity contribution >= 4 is 40.6 Å². The number of aliphatic hydroxyl groups is 4. The zero-order valence-corrected chi connectivity index (χ0v) is 18.0. The standard InChI is InChI=1S/C23H26N2O6S/c26-13-19-21(29)22(30)20(28)18(31-19)12-17(27)11-8-14-6-9-16(10-7-14)25-23(32)24-15-4-2-1-3-5-15/h1-11,18-22,26,28-30H,12-13H2,(H2,24,25,32)/b11-8+/t18-,19+,20-,21+,22+/m0/s1. The van der Waals surface area contributed by atoms with Crippen LogP contribution < -0.4 is 10.6 Å². The third kappa shape index (κ3) is 6.42. The topological polar surface area (TPSA) is 131 Å². The molecule has 8 nitrogen and oxygen atoms in total. The number of allylic oxidation sites excluding steroid dienone is 1. The van der Waals surface area contributed by atoms with Crippen molar-refractivity contribution in [2.24, 2.45) is 0 Å². The van der Waals surface area contributed by atoms with E-state index in [1.807, 2.05) is 54.6 Å². The largest absolute Gasteiger partial charge is 0.394 e. The molecule has 6 N–H and O–H groups in total. The first-order valence-electron chi connectivity index (χ1n) is 10.1. The Morgan fingerprint density at radius 3 is 2.12 bits per heavy atom. The van der Waals surface area contributed by atoms with E-state index in [1.54, 1.807) is 6.08 Å². The normalized spacial score (nSPS) is 25.4. The third-order valence-electron chi connectivity index (χ3n) is 5.06. The van der Waals surface area contributed by atoms with Crippen molar-refractivity contribution < 1.29 is 30.0 Å². The lowest BCUT2D eigenvalue weighted by Crippen LogP contribution is -2.58. The Morgan fingerprint density at radius 1 is 0.906 bits per heavy atom. The highest BCUT2D eigenvalue weighted by molar-refractivity contribution is 7.80. The van der Waals surface area contributed by atoms with Gasteiger partial charge in [0.15, 0.2) is 10.9 Å². The van der Waals surface area contributed by atoms with E-state index < -0.39 is 37.1 Å². The number of carbonyl (C=O) groups excluding carboxylic acids is 1. The Hall–Kier alpha value is -2.66. The Labute approximate surface area is 191 Å². The van der Waals surface area contributed by atoms with E-state index >= 15 is 0 Å². The van der Waals surface area contributed by atoms with Crippen LogP contribution in [0, 0.1) is 0 Å². The highest BCUT2D eigenvalue weighted by Crippen LogP contribution is 2.23. The number of hydrogen-bond donors (Lipinski definition) is 6. The van der Waals surface area contributed by atoms with Crippen LogP contribution in [0.1, 0.15) is 12.0 Å². The van der Waals surface area contributed by atoms with E-state index in [0.29, 0.717) is 5.11 Å². The summed E-state index contributed by atoms with van der Waals surface area (Å²) in [7, 11) is 0. The summed E-state index contributed by atoms with van der Waals surface area (Å²) in [6.45, 7) is -0.532. The Kier molecular flexibility index (Phi) is 8.46. The molecule has 3 rings (SSSR count). The smallest absolute Gasteiger partial charge is 0.175 e. The maximum Gasteiger partial charge on any atom is 0.175 e. The monoisotopic (exact) mass is 458 g/mol. The van der Waals surface area contributed by atoms with Crippen LogP contribution in [0.25, 0.3) is 6.08 Å². The Balaban J connectivity index is 1.51. The molecule has 5 atom stereocenters. The molecule has 0 aliphatic carbocycles. The zero-order valence-electron chi connectivity index (χ0n) is 17.2. The van der Waals surface area contributed by atoms with Crippen molar-refractivity contribution in [1.82, 2.24) is 0 Å². The minimum Gasteiger partial charge on any atom is -0.394 e. The number of carbonyl (C=O) groups is 1. The molecule has 0 aromatic heterocycles. The molecule has 1 heterocycles. The van der Waals surface area contributed by atoms with Crippen molar-refractivity contribution in [3.63, 3.8) is 0 Å². The minimum absolute atomic E-state index is 0.197. The van der Waals surface area contributed by atoms with Crippen LogP contribution in [-0.4, -0.2) is 68.4 Å². The number of ether oxygens (including phenoxy) is 1. The van der Waals surface area contributed by atoms with Gasteiger partial charge in [-0.25, -0.2) is 0 Å². The fourth-order valence-corrected chi connectivity index (χ4v) is 3.53.